The first kappa shape index (κ1) is 9.87. The van der Waals surface area contributed by atoms with Crippen LogP contribution in [-0.2, 0) is 0 Å². The summed E-state index contributed by atoms with van der Waals surface area (Å²) in [6, 6.07) is 9.91. The van der Waals surface area contributed by atoms with Crippen LogP contribution in [0.2, 0.25) is 0 Å². The number of rotatable bonds is 2. The maximum atomic E-state index is 10.2. The van der Waals surface area contributed by atoms with Crippen molar-refractivity contribution in [1.82, 2.24) is 5.32 Å². The van der Waals surface area contributed by atoms with Crippen LogP contribution >= 0.6 is 0 Å². The van der Waals surface area contributed by atoms with E-state index in [2.05, 4.69) is 5.32 Å². The number of furan rings is 1. The molecule has 0 aliphatic carbocycles. The van der Waals surface area contributed by atoms with E-state index in [1.807, 2.05) is 30.3 Å². The second-order valence-electron chi connectivity index (χ2n) is 4.33. The lowest BCUT2D eigenvalue weighted by molar-refractivity contribution is 0.115. The Kier molecular flexibility index (Phi) is 2.42. The van der Waals surface area contributed by atoms with Crippen molar-refractivity contribution in [3.63, 3.8) is 0 Å². The molecular weight excluding hydrogens is 202 g/mol. The number of benzene rings is 1. The Morgan fingerprint density at radius 3 is 3.00 bits per heavy atom. The SMILES string of the molecule is OC(c1cc2ccccc2o1)C1CCCN1. The molecule has 3 nitrogen and oxygen atoms in total. The fourth-order valence-electron chi connectivity index (χ4n) is 2.33. The number of hydrogen-bond acceptors (Lipinski definition) is 3. The molecule has 3 rings (SSSR count). The molecule has 84 valence electrons. The monoisotopic (exact) mass is 217 g/mol. The van der Waals surface area contributed by atoms with Gasteiger partial charge in [0, 0.05) is 11.4 Å². The molecule has 1 aromatic carbocycles. The zero-order valence-corrected chi connectivity index (χ0v) is 9.02. The van der Waals surface area contributed by atoms with Gasteiger partial charge in [-0.05, 0) is 31.5 Å². The number of fused-ring (bicyclic) bond motifs is 1. The van der Waals surface area contributed by atoms with Crippen molar-refractivity contribution in [2.24, 2.45) is 0 Å². The van der Waals surface area contributed by atoms with Gasteiger partial charge >= 0.3 is 0 Å². The highest BCUT2D eigenvalue weighted by Gasteiger charge is 2.26. The molecule has 2 unspecified atom stereocenters. The molecule has 16 heavy (non-hydrogen) atoms. The van der Waals surface area contributed by atoms with Crippen LogP contribution in [-0.4, -0.2) is 17.7 Å². The van der Waals surface area contributed by atoms with Gasteiger partial charge in [-0.15, -0.1) is 0 Å². The van der Waals surface area contributed by atoms with Gasteiger partial charge in [-0.3, -0.25) is 0 Å². The van der Waals surface area contributed by atoms with E-state index in [9.17, 15) is 5.11 Å². The molecule has 2 heterocycles. The minimum atomic E-state index is -0.533. The van der Waals surface area contributed by atoms with Crippen LogP contribution in [0.15, 0.2) is 34.7 Å². The highest BCUT2D eigenvalue weighted by atomic mass is 16.4. The van der Waals surface area contributed by atoms with E-state index in [0.29, 0.717) is 5.76 Å². The molecule has 0 saturated carbocycles. The second kappa shape index (κ2) is 3.92. The van der Waals surface area contributed by atoms with Gasteiger partial charge < -0.3 is 14.8 Å². The van der Waals surface area contributed by atoms with Gasteiger partial charge in [0.1, 0.15) is 17.4 Å². The highest BCUT2D eigenvalue weighted by Crippen LogP contribution is 2.28. The molecule has 1 fully saturated rings. The van der Waals surface area contributed by atoms with Gasteiger partial charge in [0.15, 0.2) is 0 Å². The number of nitrogens with one attached hydrogen (secondary N) is 1. The Balaban J connectivity index is 1.92. The van der Waals surface area contributed by atoms with Crippen molar-refractivity contribution < 1.29 is 9.52 Å². The number of hydrogen-bond donors (Lipinski definition) is 2. The summed E-state index contributed by atoms with van der Waals surface area (Å²) < 4.78 is 5.65. The largest absolute Gasteiger partial charge is 0.458 e. The van der Waals surface area contributed by atoms with E-state index in [-0.39, 0.29) is 6.04 Å². The molecule has 3 heteroatoms. The Labute approximate surface area is 94.1 Å². The summed E-state index contributed by atoms with van der Waals surface area (Å²) in [7, 11) is 0. The topological polar surface area (TPSA) is 45.4 Å². The average molecular weight is 217 g/mol. The van der Waals surface area contributed by atoms with Crippen LogP contribution in [0.4, 0.5) is 0 Å². The summed E-state index contributed by atoms with van der Waals surface area (Å²) in [6.07, 6.45) is 1.61. The standard InChI is InChI=1S/C13H15NO2/c15-13(10-5-3-7-14-10)12-8-9-4-1-2-6-11(9)16-12/h1-2,4,6,8,10,13-15H,3,5,7H2. The molecule has 1 aliphatic heterocycles. The van der Waals surface area contributed by atoms with Gasteiger partial charge in [0.2, 0.25) is 0 Å². The first-order valence-electron chi connectivity index (χ1n) is 5.74. The Hall–Kier alpha value is -1.32. The molecule has 0 radical (unpaired) electrons. The van der Waals surface area contributed by atoms with Crippen LogP contribution in [0.5, 0.6) is 0 Å². The van der Waals surface area contributed by atoms with Gasteiger partial charge in [-0.2, -0.15) is 0 Å². The molecule has 1 saturated heterocycles. The van der Waals surface area contributed by atoms with Crippen molar-refractivity contribution in [3.05, 3.63) is 36.1 Å². The summed E-state index contributed by atoms with van der Waals surface area (Å²) in [6.45, 7) is 0.988. The van der Waals surface area contributed by atoms with E-state index in [4.69, 9.17) is 4.42 Å². The van der Waals surface area contributed by atoms with Gasteiger partial charge in [-0.25, -0.2) is 0 Å². The quantitative estimate of drug-likeness (QED) is 0.810. The van der Waals surface area contributed by atoms with Gasteiger partial charge in [0.25, 0.3) is 0 Å². The molecule has 0 spiro atoms. The molecule has 0 amide bonds. The second-order valence-corrected chi connectivity index (χ2v) is 4.33. The molecule has 1 aromatic heterocycles. The molecule has 2 N–H and O–H groups in total. The first-order chi connectivity index (χ1) is 7.84. The van der Waals surface area contributed by atoms with E-state index < -0.39 is 6.10 Å². The molecular formula is C13H15NO2. The third-order valence-corrected chi connectivity index (χ3v) is 3.22. The maximum Gasteiger partial charge on any atom is 0.135 e. The minimum absolute atomic E-state index is 0.139. The predicted octanol–water partition coefficient (Wildman–Crippen LogP) is 2.22. The average Bonchev–Trinajstić information content (AvgIpc) is 2.97. The molecule has 1 aliphatic rings. The molecule has 2 aromatic rings. The minimum Gasteiger partial charge on any atom is -0.458 e. The summed E-state index contributed by atoms with van der Waals surface area (Å²) >= 11 is 0. The highest BCUT2D eigenvalue weighted by molar-refractivity contribution is 5.77. The Bertz CT molecular complexity index is 452. The summed E-state index contributed by atoms with van der Waals surface area (Å²) in [5.74, 6) is 0.667. The lowest BCUT2D eigenvalue weighted by Crippen LogP contribution is -2.28. The van der Waals surface area contributed by atoms with Crippen LogP contribution < -0.4 is 5.32 Å². The maximum absolute atomic E-state index is 10.2. The smallest absolute Gasteiger partial charge is 0.135 e. The fraction of sp³-hybridized carbons (Fsp3) is 0.385. The predicted molar refractivity (Wildman–Crippen MR) is 62.2 cm³/mol. The van der Waals surface area contributed by atoms with Gasteiger partial charge in [-0.1, -0.05) is 18.2 Å². The van der Waals surface area contributed by atoms with Crippen molar-refractivity contribution >= 4 is 11.0 Å². The van der Waals surface area contributed by atoms with Crippen LogP contribution in [0.3, 0.4) is 0 Å². The van der Waals surface area contributed by atoms with Crippen molar-refractivity contribution in [1.29, 1.82) is 0 Å². The van der Waals surface area contributed by atoms with Crippen LogP contribution in [0, 0.1) is 0 Å². The lowest BCUT2D eigenvalue weighted by atomic mass is 10.1. The number of aliphatic hydroxyl groups is 1. The number of aliphatic hydroxyl groups excluding tert-OH is 1. The Morgan fingerprint density at radius 2 is 2.25 bits per heavy atom. The van der Waals surface area contributed by atoms with E-state index >= 15 is 0 Å². The molecule has 0 bridgehead atoms. The fourth-order valence-corrected chi connectivity index (χ4v) is 2.33. The molecule has 2 atom stereocenters. The summed E-state index contributed by atoms with van der Waals surface area (Å²) in [4.78, 5) is 0. The lowest BCUT2D eigenvalue weighted by Gasteiger charge is -2.15. The van der Waals surface area contributed by atoms with Crippen LogP contribution in [0.1, 0.15) is 24.7 Å². The first-order valence-corrected chi connectivity index (χ1v) is 5.74. The van der Waals surface area contributed by atoms with Crippen molar-refractivity contribution in [3.8, 4) is 0 Å². The van der Waals surface area contributed by atoms with Crippen molar-refractivity contribution in [2.75, 3.05) is 6.54 Å². The number of para-hydroxylation sites is 1. The van der Waals surface area contributed by atoms with Gasteiger partial charge in [0.05, 0.1) is 0 Å². The van der Waals surface area contributed by atoms with Crippen LogP contribution in [0.25, 0.3) is 11.0 Å². The van der Waals surface area contributed by atoms with E-state index in [1.54, 1.807) is 0 Å². The van der Waals surface area contributed by atoms with E-state index in [1.165, 1.54) is 0 Å². The third-order valence-electron chi connectivity index (χ3n) is 3.22. The summed E-state index contributed by atoms with van der Waals surface area (Å²) in [5.41, 5.74) is 0.842. The zero-order valence-electron chi connectivity index (χ0n) is 9.02. The Morgan fingerprint density at radius 1 is 1.38 bits per heavy atom. The van der Waals surface area contributed by atoms with E-state index in [0.717, 1.165) is 30.4 Å². The third kappa shape index (κ3) is 1.62. The zero-order chi connectivity index (χ0) is 11.0. The van der Waals surface area contributed by atoms with Crippen molar-refractivity contribution in [2.45, 2.75) is 25.0 Å². The normalized spacial score (nSPS) is 22.7. The summed E-state index contributed by atoms with van der Waals surface area (Å²) in [5, 5.41) is 14.5.